The van der Waals surface area contributed by atoms with E-state index in [0.717, 1.165) is 24.4 Å². The maximum Gasteiger partial charge on any atom is 0.0409 e. The SMILES string of the molecule is C/C=C/CCNC(CC)c1cccc(Cl)c1. The maximum atomic E-state index is 5.99. The van der Waals surface area contributed by atoms with E-state index in [2.05, 4.69) is 30.5 Å². The molecule has 0 aliphatic rings. The first kappa shape index (κ1) is 13.3. The van der Waals surface area contributed by atoms with E-state index < -0.39 is 0 Å². The van der Waals surface area contributed by atoms with E-state index in [-0.39, 0.29) is 0 Å². The van der Waals surface area contributed by atoms with Crippen LogP contribution in [0, 0.1) is 0 Å². The van der Waals surface area contributed by atoms with Gasteiger partial charge in [0.05, 0.1) is 0 Å². The van der Waals surface area contributed by atoms with Gasteiger partial charge in [-0.15, -0.1) is 0 Å². The van der Waals surface area contributed by atoms with Gasteiger partial charge in [0.25, 0.3) is 0 Å². The lowest BCUT2D eigenvalue weighted by atomic mass is 10.0. The Bertz CT molecular complexity index is 333. The lowest BCUT2D eigenvalue weighted by Gasteiger charge is -2.17. The van der Waals surface area contributed by atoms with Crippen LogP contribution < -0.4 is 5.32 Å². The van der Waals surface area contributed by atoms with E-state index in [4.69, 9.17) is 11.6 Å². The van der Waals surface area contributed by atoms with Crippen molar-refractivity contribution < 1.29 is 0 Å². The Hall–Kier alpha value is -0.790. The van der Waals surface area contributed by atoms with Crippen molar-refractivity contribution in [2.24, 2.45) is 0 Å². The zero-order chi connectivity index (χ0) is 11.8. The summed E-state index contributed by atoms with van der Waals surface area (Å²) in [5.74, 6) is 0. The number of allylic oxidation sites excluding steroid dienone is 1. The first-order chi connectivity index (χ1) is 7.77. The fourth-order valence-corrected chi connectivity index (χ4v) is 1.93. The van der Waals surface area contributed by atoms with Crippen LogP contribution in [0.25, 0.3) is 0 Å². The average Bonchev–Trinajstić information content (AvgIpc) is 2.29. The summed E-state index contributed by atoms with van der Waals surface area (Å²) in [5.41, 5.74) is 1.27. The molecule has 0 bridgehead atoms. The molecule has 0 aliphatic carbocycles. The molecule has 0 radical (unpaired) electrons. The number of halogens is 1. The highest BCUT2D eigenvalue weighted by atomic mass is 35.5. The Morgan fingerprint density at radius 3 is 2.88 bits per heavy atom. The van der Waals surface area contributed by atoms with Gasteiger partial charge in [-0.05, 0) is 44.0 Å². The smallest absolute Gasteiger partial charge is 0.0409 e. The number of rotatable bonds is 6. The largest absolute Gasteiger partial charge is 0.310 e. The number of hydrogen-bond donors (Lipinski definition) is 1. The molecule has 2 heteroatoms. The second-order valence-electron chi connectivity index (χ2n) is 3.83. The molecule has 1 aromatic rings. The fourth-order valence-electron chi connectivity index (χ4n) is 1.73. The van der Waals surface area contributed by atoms with Crippen LogP contribution in [0.15, 0.2) is 36.4 Å². The maximum absolute atomic E-state index is 5.99. The molecule has 0 aromatic heterocycles. The molecule has 1 N–H and O–H groups in total. The summed E-state index contributed by atoms with van der Waals surface area (Å²) >= 11 is 5.99. The monoisotopic (exact) mass is 237 g/mol. The molecule has 0 fully saturated rings. The average molecular weight is 238 g/mol. The molecule has 1 rings (SSSR count). The highest BCUT2D eigenvalue weighted by Gasteiger charge is 2.07. The van der Waals surface area contributed by atoms with Crippen molar-refractivity contribution in [3.63, 3.8) is 0 Å². The van der Waals surface area contributed by atoms with Crippen LogP contribution in [0.2, 0.25) is 5.02 Å². The molecule has 1 aromatic carbocycles. The van der Waals surface area contributed by atoms with E-state index in [9.17, 15) is 0 Å². The van der Waals surface area contributed by atoms with Crippen molar-refractivity contribution in [3.8, 4) is 0 Å². The van der Waals surface area contributed by atoms with Crippen LogP contribution >= 0.6 is 11.6 Å². The summed E-state index contributed by atoms with van der Waals surface area (Å²) in [5, 5.41) is 4.35. The van der Waals surface area contributed by atoms with Crippen LogP contribution in [-0.4, -0.2) is 6.54 Å². The van der Waals surface area contributed by atoms with Crippen molar-refractivity contribution in [3.05, 3.63) is 47.0 Å². The van der Waals surface area contributed by atoms with Gasteiger partial charge in [0, 0.05) is 11.1 Å². The molecule has 0 saturated carbocycles. The van der Waals surface area contributed by atoms with E-state index in [1.807, 2.05) is 25.1 Å². The van der Waals surface area contributed by atoms with E-state index in [1.165, 1.54) is 5.56 Å². The normalized spacial score (nSPS) is 13.2. The molecule has 1 nitrogen and oxygen atoms in total. The molecule has 88 valence electrons. The number of nitrogens with one attached hydrogen (secondary N) is 1. The molecule has 16 heavy (non-hydrogen) atoms. The quantitative estimate of drug-likeness (QED) is 0.573. The van der Waals surface area contributed by atoms with Crippen LogP contribution in [0.3, 0.4) is 0 Å². The summed E-state index contributed by atoms with van der Waals surface area (Å²) in [6.07, 6.45) is 6.42. The molecular formula is C14H20ClN. The minimum Gasteiger partial charge on any atom is -0.310 e. The predicted molar refractivity (Wildman–Crippen MR) is 71.9 cm³/mol. The lowest BCUT2D eigenvalue weighted by molar-refractivity contribution is 0.525. The molecule has 1 atom stereocenters. The topological polar surface area (TPSA) is 12.0 Å². The minimum atomic E-state index is 0.406. The molecule has 1 unspecified atom stereocenters. The van der Waals surface area contributed by atoms with Gasteiger partial charge in [-0.25, -0.2) is 0 Å². The second-order valence-corrected chi connectivity index (χ2v) is 4.26. The Kier molecular flexibility index (Phi) is 6.20. The molecule has 0 saturated heterocycles. The van der Waals surface area contributed by atoms with Gasteiger partial charge in [-0.3, -0.25) is 0 Å². The summed E-state index contributed by atoms with van der Waals surface area (Å²) in [6.45, 7) is 5.25. The van der Waals surface area contributed by atoms with Gasteiger partial charge in [-0.1, -0.05) is 42.8 Å². The van der Waals surface area contributed by atoms with E-state index in [1.54, 1.807) is 0 Å². The highest BCUT2D eigenvalue weighted by Crippen LogP contribution is 2.20. The van der Waals surface area contributed by atoms with Crippen molar-refractivity contribution in [2.75, 3.05) is 6.54 Å². The van der Waals surface area contributed by atoms with E-state index in [0.29, 0.717) is 6.04 Å². The van der Waals surface area contributed by atoms with Gasteiger partial charge >= 0.3 is 0 Å². The molecule has 0 spiro atoms. The summed E-state index contributed by atoms with van der Waals surface area (Å²) in [4.78, 5) is 0. The van der Waals surface area contributed by atoms with E-state index >= 15 is 0 Å². The second kappa shape index (κ2) is 7.48. The zero-order valence-electron chi connectivity index (χ0n) is 10.0. The Morgan fingerprint density at radius 1 is 1.44 bits per heavy atom. The van der Waals surface area contributed by atoms with Crippen LogP contribution in [-0.2, 0) is 0 Å². The van der Waals surface area contributed by atoms with Gasteiger partial charge in [0.2, 0.25) is 0 Å². The fraction of sp³-hybridized carbons (Fsp3) is 0.429. The van der Waals surface area contributed by atoms with Crippen LogP contribution in [0.5, 0.6) is 0 Å². The van der Waals surface area contributed by atoms with Gasteiger partial charge < -0.3 is 5.32 Å². The summed E-state index contributed by atoms with van der Waals surface area (Å²) < 4.78 is 0. The third kappa shape index (κ3) is 4.38. The Morgan fingerprint density at radius 2 is 2.25 bits per heavy atom. The summed E-state index contributed by atoms with van der Waals surface area (Å²) in [6, 6.07) is 8.50. The zero-order valence-corrected chi connectivity index (χ0v) is 10.8. The van der Waals surface area contributed by atoms with Gasteiger partial charge in [0.15, 0.2) is 0 Å². The first-order valence-corrected chi connectivity index (χ1v) is 6.25. The lowest BCUT2D eigenvalue weighted by Crippen LogP contribution is -2.21. The van der Waals surface area contributed by atoms with Crippen molar-refractivity contribution in [2.45, 2.75) is 32.7 Å². The van der Waals surface area contributed by atoms with Crippen molar-refractivity contribution in [1.82, 2.24) is 5.32 Å². The highest BCUT2D eigenvalue weighted by molar-refractivity contribution is 6.30. The number of benzene rings is 1. The number of hydrogen-bond acceptors (Lipinski definition) is 1. The predicted octanol–water partition coefficient (Wildman–Crippen LogP) is 4.35. The Balaban J connectivity index is 2.53. The molecule has 0 heterocycles. The van der Waals surface area contributed by atoms with Crippen LogP contribution in [0.4, 0.5) is 0 Å². The Labute approximate surface area is 104 Å². The van der Waals surface area contributed by atoms with Crippen LogP contribution in [0.1, 0.15) is 38.3 Å². The molecular weight excluding hydrogens is 218 g/mol. The van der Waals surface area contributed by atoms with Crippen molar-refractivity contribution in [1.29, 1.82) is 0 Å². The minimum absolute atomic E-state index is 0.406. The third-order valence-electron chi connectivity index (χ3n) is 2.60. The standard InChI is InChI=1S/C14H20ClN/c1-3-5-6-10-16-14(4-2)12-8-7-9-13(15)11-12/h3,5,7-9,11,14,16H,4,6,10H2,1-2H3/b5-3+. The van der Waals surface area contributed by atoms with Gasteiger partial charge in [-0.2, -0.15) is 0 Å². The molecule has 0 aliphatic heterocycles. The van der Waals surface area contributed by atoms with Crippen molar-refractivity contribution >= 4 is 11.6 Å². The summed E-state index contributed by atoms with van der Waals surface area (Å²) in [7, 11) is 0. The first-order valence-electron chi connectivity index (χ1n) is 5.88. The third-order valence-corrected chi connectivity index (χ3v) is 2.83. The molecule has 0 amide bonds. The van der Waals surface area contributed by atoms with Gasteiger partial charge in [0.1, 0.15) is 0 Å².